The van der Waals surface area contributed by atoms with Gasteiger partial charge in [-0.3, -0.25) is 0 Å². The Labute approximate surface area is 105 Å². The highest BCUT2D eigenvalue weighted by Crippen LogP contribution is 2.35. The van der Waals surface area contributed by atoms with Crippen LogP contribution in [0.5, 0.6) is 0 Å². The van der Waals surface area contributed by atoms with E-state index in [1.54, 1.807) is 17.8 Å². The summed E-state index contributed by atoms with van der Waals surface area (Å²) in [5, 5.41) is 7.63. The summed E-state index contributed by atoms with van der Waals surface area (Å²) >= 11 is 1.61. The molecule has 0 amide bonds. The number of nitrogens with one attached hydrogen (secondary N) is 1. The van der Waals surface area contributed by atoms with Crippen molar-refractivity contribution in [1.29, 1.82) is 5.41 Å². The fraction of sp³-hybridized carbons (Fsp3) is 0.0714. The Morgan fingerprint density at radius 1 is 1.29 bits per heavy atom. The third-order valence-corrected chi connectivity index (χ3v) is 3.76. The van der Waals surface area contributed by atoms with E-state index in [4.69, 9.17) is 11.1 Å². The van der Waals surface area contributed by atoms with Crippen molar-refractivity contribution in [3.63, 3.8) is 0 Å². The molecule has 0 saturated heterocycles. The average molecular weight is 242 g/mol. The molecule has 0 heterocycles. The van der Waals surface area contributed by atoms with E-state index < -0.39 is 0 Å². The summed E-state index contributed by atoms with van der Waals surface area (Å²) in [7, 11) is 0. The van der Waals surface area contributed by atoms with Crippen LogP contribution >= 0.6 is 11.8 Å². The first-order chi connectivity index (χ1) is 8.06. The third kappa shape index (κ3) is 2.68. The second-order valence-electron chi connectivity index (χ2n) is 3.95. The fourth-order valence-corrected chi connectivity index (χ4v) is 2.54. The smallest absolute Gasteiger partial charge is 0.0551 e. The molecule has 2 rings (SSSR count). The van der Waals surface area contributed by atoms with Gasteiger partial charge in [0.1, 0.15) is 0 Å². The highest BCUT2D eigenvalue weighted by molar-refractivity contribution is 8.03. The van der Waals surface area contributed by atoms with Gasteiger partial charge in [-0.1, -0.05) is 30.5 Å². The van der Waals surface area contributed by atoms with E-state index >= 15 is 0 Å². The molecule has 2 nitrogen and oxygen atoms in total. The monoisotopic (exact) mass is 242 g/mol. The topological polar surface area (TPSA) is 49.9 Å². The Hall–Kier alpha value is -1.74. The Bertz CT molecular complexity index is 553. The average Bonchev–Trinajstić information content (AvgIpc) is 2.28. The zero-order chi connectivity index (χ0) is 12.4. The summed E-state index contributed by atoms with van der Waals surface area (Å²) in [6.45, 7) is 6.03. The number of benzene rings is 1. The van der Waals surface area contributed by atoms with Gasteiger partial charge in [0.2, 0.25) is 0 Å². The molecule has 0 atom stereocenters. The second kappa shape index (κ2) is 4.63. The van der Waals surface area contributed by atoms with Crippen LogP contribution in [0.3, 0.4) is 0 Å². The molecule has 0 fully saturated rings. The molecular formula is C14H14N2S. The van der Waals surface area contributed by atoms with Crippen LogP contribution in [0.4, 0.5) is 5.69 Å². The van der Waals surface area contributed by atoms with Crippen molar-refractivity contribution in [2.24, 2.45) is 0 Å². The minimum Gasteiger partial charge on any atom is -0.399 e. The van der Waals surface area contributed by atoms with E-state index in [-0.39, 0.29) is 0 Å². The summed E-state index contributed by atoms with van der Waals surface area (Å²) in [6.07, 6.45) is 5.44. The lowest BCUT2D eigenvalue weighted by Crippen LogP contribution is -1.96. The van der Waals surface area contributed by atoms with Crippen molar-refractivity contribution < 1.29 is 0 Å². The Morgan fingerprint density at radius 3 is 2.82 bits per heavy atom. The van der Waals surface area contributed by atoms with Crippen LogP contribution in [0.25, 0.3) is 0 Å². The van der Waals surface area contributed by atoms with E-state index in [2.05, 4.69) is 13.5 Å². The first-order valence-electron chi connectivity index (χ1n) is 5.28. The van der Waals surface area contributed by atoms with Crippen molar-refractivity contribution in [1.82, 2.24) is 0 Å². The normalized spacial score (nSPS) is 15.0. The van der Waals surface area contributed by atoms with E-state index in [1.165, 1.54) is 5.56 Å². The molecule has 1 aromatic rings. The molecule has 17 heavy (non-hydrogen) atoms. The highest BCUT2D eigenvalue weighted by Gasteiger charge is 2.10. The van der Waals surface area contributed by atoms with E-state index in [1.807, 2.05) is 30.4 Å². The minimum atomic E-state index is 0.501. The number of nitrogens with two attached hydrogens (primary N) is 1. The summed E-state index contributed by atoms with van der Waals surface area (Å²) < 4.78 is 0. The molecular weight excluding hydrogens is 228 g/mol. The zero-order valence-corrected chi connectivity index (χ0v) is 10.5. The van der Waals surface area contributed by atoms with Gasteiger partial charge in [0.25, 0.3) is 0 Å². The standard InChI is InChI=1S/C14H14N2S/c1-9-3-5-11(15)7-13(9)17-14-8-12(16)6-4-10(14)2/h3-8,15H,1,16H2,2H3. The second-order valence-corrected chi connectivity index (χ2v) is 5.03. The molecule has 0 unspecified atom stereocenters. The molecule has 0 aliphatic heterocycles. The summed E-state index contributed by atoms with van der Waals surface area (Å²) in [4.78, 5) is 2.12. The lowest BCUT2D eigenvalue weighted by molar-refractivity contribution is 1.31. The van der Waals surface area contributed by atoms with Crippen molar-refractivity contribution in [3.05, 3.63) is 59.0 Å². The molecule has 0 aromatic heterocycles. The molecule has 1 aliphatic carbocycles. The van der Waals surface area contributed by atoms with E-state index in [9.17, 15) is 0 Å². The van der Waals surface area contributed by atoms with Gasteiger partial charge >= 0.3 is 0 Å². The number of rotatable bonds is 2. The van der Waals surface area contributed by atoms with Crippen LogP contribution in [0.1, 0.15) is 5.56 Å². The molecule has 3 heteroatoms. The fourth-order valence-electron chi connectivity index (χ4n) is 1.49. The first kappa shape index (κ1) is 11.7. The quantitative estimate of drug-likeness (QED) is 0.777. The molecule has 0 spiro atoms. The molecule has 0 radical (unpaired) electrons. The third-order valence-electron chi connectivity index (χ3n) is 2.50. The number of thioether (sulfide) groups is 1. The lowest BCUT2D eigenvalue weighted by atomic mass is 10.1. The van der Waals surface area contributed by atoms with Crippen LogP contribution in [-0.4, -0.2) is 5.71 Å². The SMILES string of the molecule is C=C1C=CC(=N)C=C1Sc1cc(N)ccc1C. The van der Waals surface area contributed by atoms with Gasteiger partial charge in [-0.05, 0) is 42.3 Å². The first-order valence-corrected chi connectivity index (χ1v) is 6.09. The molecule has 1 aromatic carbocycles. The van der Waals surface area contributed by atoms with Crippen LogP contribution in [-0.2, 0) is 0 Å². The summed E-state index contributed by atoms with van der Waals surface area (Å²) in [5.41, 5.74) is 9.16. The van der Waals surface area contributed by atoms with Crippen molar-refractivity contribution in [2.75, 3.05) is 5.73 Å². The van der Waals surface area contributed by atoms with Gasteiger partial charge in [0, 0.05) is 15.5 Å². The number of hydrogen-bond donors (Lipinski definition) is 2. The maximum atomic E-state index is 7.63. The maximum Gasteiger partial charge on any atom is 0.0551 e. The Balaban J connectivity index is 2.29. The predicted molar refractivity (Wildman–Crippen MR) is 75.5 cm³/mol. The van der Waals surface area contributed by atoms with Gasteiger partial charge in [0.05, 0.1) is 5.71 Å². The highest BCUT2D eigenvalue weighted by atomic mass is 32.2. The minimum absolute atomic E-state index is 0.501. The van der Waals surface area contributed by atoms with Crippen molar-refractivity contribution in [2.45, 2.75) is 11.8 Å². The largest absolute Gasteiger partial charge is 0.399 e. The summed E-state index contributed by atoms with van der Waals surface area (Å²) in [6, 6.07) is 5.85. The molecule has 0 saturated carbocycles. The molecule has 1 aliphatic rings. The van der Waals surface area contributed by atoms with Crippen molar-refractivity contribution >= 4 is 23.2 Å². The Morgan fingerprint density at radius 2 is 2.06 bits per heavy atom. The molecule has 0 bridgehead atoms. The van der Waals surface area contributed by atoms with Crippen LogP contribution in [0, 0.1) is 12.3 Å². The van der Waals surface area contributed by atoms with Gasteiger partial charge in [-0.15, -0.1) is 0 Å². The number of aryl methyl sites for hydroxylation is 1. The maximum absolute atomic E-state index is 7.63. The van der Waals surface area contributed by atoms with Crippen molar-refractivity contribution in [3.8, 4) is 0 Å². The van der Waals surface area contributed by atoms with Crippen LogP contribution < -0.4 is 5.73 Å². The number of hydrogen-bond acceptors (Lipinski definition) is 3. The Kier molecular flexibility index (Phi) is 3.20. The lowest BCUT2D eigenvalue weighted by Gasteiger charge is -2.13. The van der Waals surface area contributed by atoms with Gasteiger partial charge in [0.15, 0.2) is 0 Å². The zero-order valence-electron chi connectivity index (χ0n) is 9.66. The van der Waals surface area contributed by atoms with Crippen LogP contribution in [0.2, 0.25) is 0 Å². The molecule has 3 N–H and O–H groups in total. The van der Waals surface area contributed by atoms with Crippen LogP contribution in [0.15, 0.2) is 58.4 Å². The van der Waals surface area contributed by atoms with E-state index in [0.717, 1.165) is 21.1 Å². The van der Waals surface area contributed by atoms with Gasteiger partial charge in [-0.2, -0.15) is 0 Å². The van der Waals surface area contributed by atoms with Gasteiger partial charge in [-0.25, -0.2) is 0 Å². The van der Waals surface area contributed by atoms with Gasteiger partial charge < -0.3 is 11.1 Å². The number of allylic oxidation sites excluding steroid dienone is 4. The number of nitrogen functional groups attached to an aromatic ring is 1. The number of anilines is 1. The van der Waals surface area contributed by atoms with E-state index in [0.29, 0.717) is 5.71 Å². The molecule has 86 valence electrons. The summed E-state index contributed by atoms with van der Waals surface area (Å²) in [5.74, 6) is 0. The predicted octanol–water partition coefficient (Wildman–Crippen LogP) is 3.70.